The maximum atomic E-state index is 11.9. The Morgan fingerprint density at radius 3 is 2.55 bits per heavy atom. The number of nitrogens with one attached hydrogen (secondary N) is 1. The van der Waals surface area contributed by atoms with Crippen LogP contribution in [0.2, 0.25) is 5.02 Å². The minimum atomic E-state index is -0.228. The zero-order valence-electron chi connectivity index (χ0n) is 13.2. The second-order valence-electron chi connectivity index (χ2n) is 4.94. The summed E-state index contributed by atoms with van der Waals surface area (Å²) in [6, 6.07) is 7.45. The number of unbranched alkanes of at least 4 members (excludes halogenated alkanes) is 1. The molecule has 1 amide bonds. The monoisotopic (exact) mass is 318 g/mol. The lowest BCUT2D eigenvalue weighted by atomic mass is 10.0. The molecule has 0 aliphatic heterocycles. The highest BCUT2D eigenvalue weighted by Crippen LogP contribution is 2.20. The van der Waals surface area contributed by atoms with Crippen molar-refractivity contribution in [1.29, 1.82) is 0 Å². The molecule has 0 saturated heterocycles. The molecule has 0 aromatic heterocycles. The van der Waals surface area contributed by atoms with Crippen LogP contribution < -0.4 is 11.1 Å². The molecule has 3 N–H and O–H groups in total. The summed E-state index contributed by atoms with van der Waals surface area (Å²) < 4.78 is 0. The Kier molecular flexibility index (Phi) is 7.47. The molecule has 0 heterocycles. The van der Waals surface area contributed by atoms with Gasteiger partial charge in [0.15, 0.2) is 0 Å². The standard InChI is InChI=1S/C18H23ClN2O/c1-4-6-11-21-18(22)13(3)17(20)12-14(5-2)15-7-9-16(19)10-8-15/h5,7-10,12H,3-4,6,11,20H2,1-2H3,(H,21,22)/b14-5+,17-12+. The summed E-state index contributed by atoms with van der Waals surface area (Å²) in [6.07, 6.45) is 5.65. The van der Waals surface area contributed by atoms with Crippen LogP contribution in [0.15, 0.2) is 54.3 Å². The number of rotatable bonds is 7. The molecule has 4 heteroatoms. The number of hydrogen-bond donors (Lipinski definition) is 2. The quantitative estimate of drug-likeness (QED) is 0.452. The molecule has 1 rings (SSSR count). The number of benzene rings is 1. The molecule has 0 saturated carbocycles. The van der Waals surface area contributed by atoms with Crippen LogP contribution in [0.3, 0.4) is 0 Å². The van der Waals surface area contributed by atoms with Crippen molar-refractivity contribution in [3.05, 3.63) is 64.9 Å². The third-order valence-electron chi connectivity index (χ3n) is 3.24. The summed E-state index contributed by atoms with van der Waals surface area (Å²) in [7, 11) is 0. The number of allylic oxidation sites excluding steroid dienone is 3. The van der Waals surface area contributed by atoms with Gasteiger partial charge in [0.05, 0.1) is 5.57 Å². The van der Waals surface area contributed by atoms with Gasteiger partial charge in [0.25, 0.3) is 5.91 Å². The second kappa shape index (κ2) is 9.11. The average Bonchev–Trinajstić information content (AvgIpc) is 2.52. The van der Waals surface area contributed by atoms with Crippen molar-refractivity contribution in [2.24, 2.45) is 5.73 Å². The Labute approximate surface area is 137 Å². The minimum absolute atomic E-state index is 0.228. The van der Waals surface area contributed by atoms with Crippen molar-refractivity contribution in [2.45, 2.75) is 26.7 Å². The molecular formula is C18H23ClN2O. The molecule has 0 aliphatic rings. The highest BCUT2D eigenvalue weighted by Gasteiger charge is 2.09. The fraction of sp³-hybridized carbons (Fsp3) is 0.278. The molecular weight excluding hydrogens is 296 g/mol. The van der Waals surface area contributed by atoms with Crippen molar-refractivity contribution in [3.63, 3.8) is 0 Å². The van der Waals surface area contributed by atoms with E-state index in [1.807, 2.05) is 37.3 Å². The largest absolute Gasteiger partial charge is 0.398 e. The number of nitrogens with two attached hydrogens (primary N) is 1. The van der Waals surface area contributed by atoms with Gasteiger partial charge >= 0.3 is 0 Å². The molecule has 0 spiro atoms. The zero-order valence-corrected chi connectivity index (χ0v) is 13.9. The lowest BCUT2D eigenvalue weighted by molar-refractivity contribution is -0.117. The van der Waals surface area contributed by atoms with Crippen LogP contribution in [0.4, 0.5) is 0 Å². The van der Waals surface area contributed by atoms with Crippen LogP contribution in [0.1, 0.15) is 32.3 Å². The van der Waals surface area contributed by atoms with E-state index in [9.17, 15) is 4.79 Å². The van der Waals surface area contributed by atoms with E-state index < -0.39 is 0 Å². The summed E-state index contributed by atoms with van der Waals surface area (Å²) in [6.45, 7) is 8.39. The first-order valence-electron chi connectivity index (χ1n) is 7.36. The van der Waals surface area contributed by atoms with Gasteiger partial charge in [-0.15, -0.1) is 0 Å². The first-order chi connectivity index (χ1) is 10.5. The average molecular weight is 319 g/mol. The summed E-state index contributed by atoms with van der Waals surface area (Å²) in [5.74, 6) is -0.228. The van der Waals surface area contributed by atoms with Crippen molar-refractivity contribution < 1.29 is 4.79 Å². The van der Waals surface area contributed by atoms with Gasteiger partial charge in [0.2, 0.25) is 0 Å². The zero-order chi connectivity index (χ0) is 16.5. The third kappa shape index (κ3) is 5.41. The Balaban J connectivity index is 2.82. The summed E-state index contributed by atoms with van der Waals surface area (Å²) >= 11 is 5.89. The molecule has 1 aromatic carbocycles. The summed E-state index contributed by atoms with van der Waals surface area (Å²) in [4.78, 5) is 11.9. The van der Waals surface area contributed by atoms with Gasteiger partial charge in [-0.2, -0.15) is 0 Å². The highest BCUT2D eigenvalue weighted by atomic mass is 35.5. The lowest BCUT2D eigenvalue weighted by Crippen LogP contribution is -2.27. The van der Waals surface area contributed by atoms with E-state index in [0.29, 0.717) is 17.3 Å². The van der Waals surface area contributed by atoms with Crippen LogP contribution in [0, 0.1) is 0 Å². The van der Waals surface area contributed by atoms with Gasteiger partial charge in [-0.25, -0.2) is 0 Å². The molecule has 0 atom stereocenters. The number of amides is 1. The topological polar surface area (TPSA) is 55.1 Å². The Hall–Kier alpha value is -2.00. The minimum Gasteiger partial charge on any atom is -0.398 e. The van der Waals surface area contributed by atoms with Gasteiger partial charge < -0.3 is 11.1 Å². The molecule has 22 heavy (non-hydrogen) atoms. The van der Waals surface area contributed by atoms with Gasteiger partial charge in [0.1, 0.15) is 0 Å². The first-order valence-corrected chi connectivity index (χ1v) is 7.74. The van der Waals surface area contributed by atoms with E-state index in [4.69, 9.17) is 17.3 Å². The maximum Gasteiger partial charge on any atom is 0.252 e. The predicted octanol–water partition coefficient (Wildman–Crippen LogP) is 4.06. The smallest absolute Gasteiger partial charge is 0.252 e. The molecule has 118 valence electrons. The van der Waals surface area contributed by atoms with E-state index in [0.717, 1.165) is 24.0 Å². The second-order valence-corrected chi connectivity index (χ2v) is 5.38. The molecule has 0 unspecified atom stereocenters. The molecule has 3 nitrogen and oxygen atoms in total. The van der Waals surface area contributed by atoms with Crippen molar-refractivity contribution in [1.82, 2.24) is 5.32 Å². The molecule has 1 aromatic rings. The molecule has 0 aliphatic carbocycles. The van der Waals surface area contributed by atoms with Gasteiger partial charge in [-0.1, -0.05) is 49.7 Å². The van der Waals surface area contributed by atoms with E-state index >= 15 is 0 Å². The van der Waals surface area contributed by atoms with E-state index in [1.54, 1.807) is 6.08 Å². The fourth-order valence-electron chi connectivity index (χ4n) is 1.85. The van der Waals surface area contributed by atoms with Crippen LogP contribution in [-0.4, -0.2) is 12.5 Å². The van der Waals surface area contributed by atoms with Crippen LogP contribution >= 0.6 is 11.6 Å². The summed E-state index contributed by atoms with van der Waals surface area (Å²) in [5, 5.41) is 3.48. The molecule has 0 radical (unpaired) electrons. The van der Waals surface area contributed by atoms with Gasteiger partial charge in [0, 0.05) is 17.3 Å². The number of hydrogen-bond acceptors (Lipinski definition) is 2. The Morgan fingerprint density at radius 2 is 2.00 bits per heavy atom. The predicted molar refractivity (Wildman–Crippen MR) is 94.4 cm³/mol. The van der Waals surface area contributed by atoms with E-state index in [2.05, 4.69) is 18.8 Å². The number of carbonyl (C=O) groups is 1. The third-order valence-corrected chi connectivity index (χ3v) is 3.49. The van der Waals surface area contributed by atoms with Crippen molar-refractivity contribution >= 4 is 23.1 Å². The summed E-state index contributed by atoms with van der Waals surface area (Å²) in [5.41, 5.74) is 8.53. The van der Waals surface area contributed by atoms with E-state index in [-0.39, 0.29) is 11.5 Å². The number of carbonyl (C=O) groups excluding carboxylic acids is 1. The first kappa shape index (κ1) is 18.1. The van der Waals surface area contributed by atoms with Crippen LogP contribution in [-0.2, 0) is 4.79 Å². The maximum absolute atomic E-state index is 11.9. The molecule has 0 bridgehead atoms. The fourth-order valence-corrected chi connectivity index (χ4v) is 1.97. The van der Waals surface area contributed by atoms with Gasteiger partial charge in [-0.3, -0.25) is 4.79 Å². The Bertz CT molecular complexity index is 586. The molecule has 0 fully saturated rings. The highest BCUT2D eigenvalue weighted by molar-refractivity contribution is 6.30. The van der Waals surface area contributed by atoms with Crippen LogP contribution in [0.25, 0.3) is 5.57 Å². The lowest BCUT2D eigenvalue weighted by Gasteiger charge is -2.09. The van der Waals surface area contributed by atoms with E-state index in [1.165, 1.54) is 0 Å². The van der Waals surface area contributed by atoms with Crippen molar-refractivity contribution in [2.75, 3.05) is 6.54 Å². The van der Waals surface area contributed by atoms with Gasteiger partial charge in [-0.05, 0) is 42.7 Å². The Morgan fingerprint density at radius 1 is 1.36 bits per heavy atom. The SMILES string of the molecule is C=C(C(=O)NCCCC)/C(N)=C\C(=C/C)c1ccc(Cl)cc1. The van der Waals surface area contributed by atoms with Crippen LogP contribution in [0.5, 0.6) is 0 Å². The normalized spacial score (nSPS) is 12.1. The van der Waals surface area contributed by atoms with Crippen molar-refractivity contribution in [3.8, 4) is 0 Å². The number of halogens is 1.